The number of rotatable bonds is 2. The van der Waals surface area contributed by atoms with E-state index in [4.69, 9.17) is 4.74 Å². The largest absolute Gasteiger partial charge is 0.469 e. The summed E-state index contributed by atoms with van der Waals surface area (Å²) in [6.45, 7) is 10.5. The second-order valence-electron chi connectivity index (χ2n) is 9.03. The molecule has 0 heterocycles. The Bertz CT molecular complexity index is 580. The number of hydrogen-bond donors (Lipinski definition) is 1. The first-order valence-corrected chi connectivity index (χ1v) is 9.30. The fraction of sp³-hybridized carbons (Fsp3) is 0.762. The summed E-state index contributed by atoms with van der Waals surface area (Å²) in [6, 6.07) is 0. The molecule has 24 heavy (non-hydrogen) atoms. The van der Waals surface area contributed by atoms with Crippen molar-refractivity contribution in [2.45, 2.75) is 65.4 Å². The molecular formula is C21H32O3. The van der Waals surface area contributed by atoms with Gasteiger partial charge in [-0.1, -0.05) is 38.0 Å². The lowest BCUT2D eigenvalue weighted by atomic mass is 9.45. The van der Waals surface area contributed by atoms with Gasteiger partial charge in [0.1, 0.15) is 0 Å². The molecule has 0 radical (unpaired) electrons. The lowest BCUT2D eigenvalue weighted by Crippen LogP contribution is -2.55. The Hall–Kier alpha value is -1.09. The van der Waals surface area contributed by atoms with Crippen molar-refractivity contribution in [1.82, 2.24) is 0 Å². The summed E-state index contributed by atoms with van der Waals surface area (Å²) in [4.78, 5) is 12.6. The van der Waals surface area contributed by atoms with Crippen LogP contribution in [0.1, 0.15) is 59.3 Å². The second-order valence-corrected chi connectivity index (χ2v) is 9.03. The van der Waals surface area contributed by atoms with Crippen LogP contribution in [0.2, 0.25) is 0 Å². The molecule has 6 atom stereocenters. The minimum atomic E-state index is -0.409. The molecule has 0 saturated heterocycles. The summed E-state index contributed by atoms with van der Waals surface area (Å²) in [5.74, 6) is 0.589. The predicted molar refractivity (Wildman–Crippen MR) is 95.3 cm³/mol. The Morgan fingerprint density at radius 1 is 1.38 bits per heavy atom. The number of ether oxygens (including phenoxy) is 1. The summed E-state index contributed by atoms with van der Waals surface area (Å²) in [6.07, 6.45) is 9.61. The zero-order chi connectivity index (χ0) is 17.8. The van der Waals surface area contributed by atoms with Crippen molar-refractivity contribution in [3.63, 3.8) is 0 Å². The number of carbonyl (C=O) groups excluding carboxylic acids is 1. The molecule has 3 heteroatoms. The average molecular weight is 332 g/mol. The van der Waals surface area contributed by atoms with E-state index in [0.29, 0.717) is 11.8 Å². The van der Waals surface area contributed by atoms with Crippen LogP contribution in [0.25, 0.3) is 0 Å². The van der Waals surface area contributed by atoms with E-state index < -0.39 is 5.41 Å². The van der Waals surface area contributed by atoms with Gasteiger partial charge in [0.2, 0.25) is 0 Å². The van der Waals surface area contributed by atoms with Gasteiger partial charge in [-0.3, -0.25) is 4.79 Å². The molecule has 3 aliphatic carbocycles. The molecule has 0 aromatic heterocycles. The predicted octanol–water partition coefficient (Wildman–Crippen LogP) is 4.27. The maximum atomic E-state index is 12.6. The monoisotopic (exact) mass is 332 g/mol. The van der Waals surface area contributed by atoms with E-state index in [1.165, 1.54) is 12.7 Å². The number of esters is 1. The van der Waals surface area contributed by atoms with Crippen LogP contribution in [0.3, 0.4) is 0 Å². The minimum Gasteiger partial charge on any atom is -0.469 e. The van der Waals surface area contributed by atoms with E-state index in [2.05, 4.69) is 33.4 Å². The van der Waals surface area contributed by atoms with Crippen molar-refractivity contribution < 1.29 is 14.6 Å². The van der Waals surface area contributed by atoms with Crippen LogP contribution in [0.4, 0.5) is 0 Å². The van der Waals surface area contributed by atoms with Crippen LogP contribution < -0.4 is 0 Å². The van der Waals surface area contributed by atoms with Crippen LogP contribution in [0, 0.1) is 28.1 Å². The van der Waals surface area contributed by atoms with Gasteiger partial charge in [-0.15, -0.1) is 6.58 Å². The first kappa shape index (κ1) is 17.7. The Balaban J connectivity index is 2.00. The maximum absolute atomic E-state index is 12.6. The van der Waals surface area contributed by atoms with Crippen LogP contribution in [-0.2, 0) is 9.53 Å². The van der Waals surface area contributed by atoms with Crippen LogP contribution in [0.5, 0.6) is 0 Å². The van der Waals surface area contributed by atoms with Gasteiger partial charge in [0.15, 0.2) is 0 Å². The molecule has 2 fully saturated rings. The van der Waals surface area contributed by atoms with Gasteiger partial charge in [-0.2, -0.15) is 0 Å². The number of hydrogen-bond acceptors (Lipinski definition) is 3. The van der Waals surface area contributed by atoms with Crippen LogP contribution in [-0.4, -0.2) is 24.3 Å². The first-order chi connectivity index (χ1) is 11.2. The quantitative estimate of drug-likeness (QED) is 0.607. The SMILES string of the molecule is C=C[C@]1(C)CC2=CCC3[C@](C)(C(=O)OC)CCC[C@]3(C)[C@H]2C[C@H]1O. The third-order valence-electron chi connectivity index (χ3n) is 7.76. The minimum absolute atomic E-state index is 0.0642. The third kappa shape index (κ3) is 2.31. The van der Waals surface area contributed by atoms with E-state index >= 15 is 0 Å². The fourth-order valence-corrected chi connectivity index (χ4v) is 6.05. The average Bonchev–Trinajstić information content (AvgIpc) is 2.55. The van der Waals surface area contributed by atoms with Gasteiger partial charge in [0.05, 0.1) is 18.6 Å². The number of methoxy groups -OCH3 is 1. The number of allylic oxidation sites excluding steroid dienone is 2. The molecule has 0 spiro atoms. The lowest BCUT2D eigenvalue weighted by molar-refractivity contribution is -0.167. The van der Waals surface area contributed by atoms with Crippen molar-refractivity contribution in [3.8, 4) is 0 Å². The zero-order valence-corrected chi connectivity index (χ0v) is 15.6. The molecule has 2 saturated carbocycles. The number of aliphatic hydroxyl groups excluding tert-OH is 1. The van der Waals surface area contributed by atoms with Gasteiger partial charge >= 0.3 is 5.97 Å². The Labute approximate surface area is 146 Å². The molecule has 1 unspecified atom stereocenters. The molecule has 134 valence electrons. The molecular weight excluding hydrogens is 300 g/mol. The van der Waals surface area contributed by atoms with E-state index in [0.717, 1.165) is 38.5 Å². The summed E-state index contributed by atoms with van der Waals surface area (Å²) < 4.78 is 5.17. The summed E-state index contributed by atoms with van der Waals surface area (Å²) in [5.41, 5.74) is 0.893. The van der Waals surface area contributed by atoms with Crippen LogP contribution >= 0.6 is 0 Å². The van der Waals surface area contributed by atoms with Crippen molar-refractivity contribution in [2.24, 2.45) is 28.1 Å². The number of aliphatic hydroxyl groups is 1. The second kappa shape index (κ2) is 5.72. The highest BCUT2D eigenvalue weighted by Gasteiger charge is 2.59. The normalized spacial score (nSPS) is 47.9. The fourth-order valence-electron chi connectivity index (χ4n) is 6.05. The number of carbonyl (C=O) groups is 1. The lowest BCUT2D eigenvalue weighted by Gasteiger charge is -2.59. The van der Waals surface area contributed by atoms with Gasteiger partial charge in [-0.05, 0) is 56.3 Å². The van der Waals surface area contributed by atoms with Gasteiger partial charge < -0.3 is 9.84 Å². The molecule has 0 amide bonds. The molecule has 0 aromatic carbocycles. The topological polar surface area (TPSA) is 46.5 Å². The first-order valence-electron chi connectivity index (χ1n) is 9.30. The zero-order valence-electron chi connectivity index (χ0n) is 15.6. The Morgan fingerprint density at radius 2 is 2.08 bits per heavy atom. The highest BCUT2D eigenvalue weighted by molar-refractivity contribution is 5.77. The van der Waals surface area contributed by atoms with Gasteiger partial charge in [-0.25, -0.2) is 0 Å². The smallest absolute Gasteiger partial charge is 0.311 e. The molecule has 0 bridgehead atoms. The Kier molecular flexibility index (Phi) is 4.23. The summed E-state index contributed by atoms with van der Waals surface area (Å²) in [5, 5.41) is 10.8. The molecule has 3 nitrogen and oxygen atoms in total. The molecule has 1 N–H and O–H groups in total. The number of fused-ring (bicyclic) bond motifs is 3. The maximum Gasteiger partial charge on any atom is 0.311 e. The van der Waals surface area contributed by atoms with Crippen molar-refractivity contribution in [3.05, 3.63) is 24.3 Å². The summed E-state index contributed by atoms with van der Waals surface area (Å²) in [7, 11) is 1.50. The summed E-state index contributed by atoms with van der Waals surface area (Å²) >= 11 is 0. The van der Waals surface area contributed by atoms with E-state index in [9.17, 15) is 9.90 Å². The van der Waals surface area contributed by atoms with E-state index in [1.807, 2.05) is 6.08 Å². The van der Waals surface area contributed by atoms with E-state index in [-0.39, 0.29) is 22.9 Å². The van der Waals surface area contributed by atoms with Gasteiger partial charge in [0, 0.05) is 5.41 Å². The molecule has 0 aromatic rings. The van der Waals surface area contributed by atoms with Gasteiger partial charge in [0.25, 0.3) is 0 Å². The molecule has 3 rings (SSSR count). The van der Waals surface area contributed by atoms with Crippen LogP contribution in [0.15, 0.2) is 24.3 Å². The highest BCUT2D eigenvalue weighted by Crippen LogP contribution is 2.63. The molecule has 3 aliphatic rings. The Morgan fingerprint density at radius 3 is 2.71 bits per heavy atom. The van der Waals surface area contributed by atoms with E-state index in [1.54, 1.807) is 0 Å². The highest BCUT2D eigenvalue weighted by atomic mass is 16.5. The third-order valence-corrected chi connectivity index (χ3v) is 7.76. The molecule has 0 aliphatic heterocycles. The van der Waals surface area contributed by atoms with Crippen molar-refractivity contribution in [1.29, 1.82) is 0 Å². The van der Waals surface area contributed by atoms with Crippen molar-refractivity contribution in [2.75, 3.05) is 7.11 Å². The standard InChI is InChI=1S/C21H32O3/c1-6-19(2)13-14-8-9-16-20(3,15(14)12-17(19)22)10-7-11-21(16,4)18(23)24-5/h6,8,15-17,22H,1,7,9-13H2,2-5H3/t15-,16?,17+,19+,20+,21+/m0/s1. The van der Waals surface area contributed by atoms with Crippen molar-refractivity contribution >= 4 is 5.97 Å².